The van der Waals surface area contributed by atoms with Crippen LogP contribution >= 0.6 is 0 Å². The molecule has 1 fully saturated rings. The molecule has 8 nitrogen and oxygen atoms in total. The van der Waals surface area contributed by atoms with Crippen molar-refractivity contribution in [3.8, 4) is 23.3 Å². The molecule has 9 heteroatoms. The van der Waals surface area contributed by atoms with E-state index in [-0.39, 0.29) is 23.7 Å². The maximum Gasteiger partial charge on any atom is 0.243 e. The van der Waals surface area contributed by atoms with E-state index in [2.05, 4.69) is 11.1 Å². The van der Waals surface area contributed by atoms with Crippen LogP contribution in [0.3, 0.4) is 0 Å². The van der Waals surface area contributed by atoms with Crippen molar-refractivity contribution in [3.05, 3.63) is 72.4 Å². The van der Waals surface area contributed by atoms with E-state index in [4.69, 9.17) is 9.15 Å². The number of hydrogen-bond acceptors (Lipinski definition) is 7. The smallest absolute Gasteiger partial charge is 0.243 e. The summed E-state index contributed by atoms with van der Waals surface area (Å²) >= 11 is 0. The molecule has 2 heterocycles. The molecule has 1 saturated heterocycles. The standard InChI is InChI=1S/C25H22N4O4S/c1-32-19-9-11-20(12-10-19)34(30,31)29-15-13-28(14-16-29)25-23(17-26)27-24(33-25)22-8-4-6-18-5-2-3-7-21(18)22/h2-12H,13-16H2,1H3. The summed E-state index contributed by atoms with van der Waals surface area (Å²) in [7, 11) is -2.10. The Balaban J connectivity index is 1.38. The molecule has 0 N–H and O–H groups in total. The number of fused-ring (bicyclic) bond motifs is 1. The molecule has 1 aromatic heterocycles. The molecule has 1 aliphatic rings. The Kier molecular flexibility index (Phi) is 5.69. The Bertz CT molecular complexity index is 1480. The molecule has 0 bridgehead atoms. The number of ether oxygens (including phenoxy) is 1. The van der Waals surface area contributed by atoms with E-state index < -0.39 is 10.0 Å². The van der Waals surface area contributed by atoms with Gasteiger partial charge in [0.1, 0.15) is 11.8 Å². The molecule has 0 aliphatic carbocycles. The molecule has 0 spiro atoms. The Morgan fingerprint density at radius 3 is 2.38 bits per heavy atom. The van der Waals surface area contributed by atoms with E-state index in [0.29, 0.717) is 30.6 Å². The predicted octanol–water partition coefficient (Wildman–Crippen LogP) is 3.89. The first-order valence-electron chi connectivity index (χ1n) is 10.8. The number of methoxy groups -OCH3 is 1. The largest absolute Gasteiger partial charge is 0.497 e. The average molecular weight is 475 g/mol. The lowest BCUT2D eigenvalue weighted by Crippen LogP contribution is -2.48. The van der Waals surface area contributed by atoms with Gasteiger partial charge in [-0.05, 0) is 41.1 Å². The third-order valence-electron chi connectivity index (χ3n) is 5.96. The fraction of sp³-hybridized carbons (Fsp3) is 0.200. The topological polar surface area (TPSA) is 99.7 Å². The minimum Gasteiger partial charge on any atom is -0.497 e. The monoisotopic (exact) mass is 474 g/mol. The van der Waals surface area contributed by atoms with Crippen molar-refractivity contribution in [3.63, 3.8) is 0 Å². The van der Waals surface area contributed by atoms with Crippen LogP contribution in [0.25, 0.3) is 22.2 Å². The minimum absolute atomic E-state index is 0.189. The highest BCUT2D eigenvalue weighted by Crippen LogP contribution is 2.33. The summed E-state index contributed by atoms with van der Waals surface area (Å²) in [6, 6.07) is 22.2. The van der Waals surface area contributed by atoms with Gasteiger partial charge in [0.05, 0.1) is 12.0 Å². The maximum absolute atomic E-state index is 13.0. The molecule has 0 unspecified atom stereocenters. The molecule has 172 valence electrons. The van der Waals surface area contributed by atoms with Gasteiger partial charge in [0.25, 0.3) is 0 Å². The fourth-order valence-corrected chi connectivity index (χ4v) is 5.58. The van der Waals surface area contributed by atoms with Crippen molar-refractivity contribution in [2.45, 2.75) is 4.90 Å². The first-order chi connectivity index (χ1) is 16.5. The van der Waals surface area contributed by atoms with Crippen LogP contribution in [0.2, 0.25) is 0 Å². The average Bonchev–Trinajstić information content (AvgIpc) is 3.33. The van der Waals surface area contributed by atoms with Gasteiger partial charge in [-0.3, -0.25) is 0 Å². The van der Waals surface area contributed by atoms with Crippen molar-refractivity contribution >= 4 is 26.7 Å². The van der Waals surface area contributed by atoms with Gasteiger partial charge >= 0.3 is 0 Å². The van der Waals surface area contributed by atoms with Crippen molar-refractivity contribution in [1.82, 2.24) is 9.29 Å². The van der Waals surface area contributed by atoms with Crippen LogP contribution in [-0.4, -0.2) is 51.0 Å². The Labute approximate surface area is 197 Å². The number of oxazole rings is 1. The lowest BCUT2D eigenvalue weighted by molar-refractivity contribution is 0.374. The normalized spacial score (nSPS) is 14.8. The van der Waals surface area contributed by atoms with E-state index in [9.17, 15) is 13.7 Å². The number of piperazine rings is 1. The molecular formula is C25H22N4O4S. The number of sulfonamides is 1. The first kappa shape index (κ1) is 21.9. The van der Waals surface area contributed by atoms with Crippen LogP contribution < -0.4 is 9.64 Å². The van der Waals surface area contributed by atoms with Gasteiger partial charge in [0, 0.05) is 31.7 Å². The Hall–Kier alpha value is -3.87. The lowest BCUT2D eigenvalue weighted by Gasteiger charge is -2.33. The van der Waals surface area contributed by atoms with Gasteiger partial charge in [-0.2, -0.15) is 14.6 Å². The maximum atomic E-state index is 13.0. The van der Waals surface area contributed by atoms with Gasteiger partial charge < -0.3 is 14.1 Å². The minimum atomic E-state index is -3.63. The number of hydrogen-bond donors (Lipinski definition) is 0. The second-order valence-corrected chi connectivity index (χ2v) is 9.82. The third kappa shape index (κ3) is 3.87. The van der Waals surface area contributed by atoms with E-state index in [0.717, 1.165) is 16.3 Å². The predicted molar refractivity (Wildman–Crippen MR) is 128 cm³/mol. The highest BCUT2D eigenvalue weighted by molar-refractivity contribution is 7.89. The molecule has 4 aromatic rings. The van der Waals surface area contributed by atoms with Gasteiger partial charge in [0.15, 0.2) is 0 Å². The van der Waals surface area contributed by atoms with Crippen LogP contribution in [0.4, 0.5) is 5.88 Å². The van der Waals surface area contributed by atoms with Crippen LogP contribution in [-0.2, 0) is 10.0 Å². The molecule has 0 amide bonds. The molecule has 0 atom stereocenters. The van der Waals surface area contributed by atoms with Crippen molar-refractivity contribution in [2.75, 3.05) is 38.2 Å². The molecule has 3 aromatic carbocycles. The van der Waals surface area contributed by atoms with Crippen molar-refractivity contribution in [2.24, 2.45) is 0 Å². The zero-order valence-corrected chi connectivity index (χ0v) is 19.3. The number of anilines is 1. The number of benzene rings is 3. The van der Waals surface area contributed by atoms with Gasteiger partial charge in [-0.1, -0.05) is 36.4 Å². The summed E-state index contributed by atoms with van der Waals surface area (Å²) in [5.74, 6) is 1.34. The lowest BCUT2D eigenvalue weighted by atomic mass is 10.0. The van der Waals surface area contributed by atoms with Crippen LogP contribution in [0.15, 0.2) is 76.0 Å². The molecule has 34 heavy (non-hydrogen) atoms. The summed E-state index contributed by atoms with van der Waals surface area (Å²) in [4.78, 5) is 6.54. The van der Waals surface area contributed by atoms with Gasteiger partial charge in [-0.25, -0.2) is 8.42 Å². The summed E-state index contributed by atoms with van der Waals surface area (Å²) < 4.78 is 38.7. The van der Waals surface area contributed by atoms with Crippen molar-refractivity contribution < 1.29 is 17.6 Å². The highest BCUT2D eigenvalue weighted by atomic mass is 32.2. The van der Waals surface area contributed by atoms with Crippen LogP contribution in [0, 0.1) is 11.3 Å². The van der Waals surface area contributed by atoms with Gasteiger partial charge in [0.2, 0.25) is 27.5 Å². The zero-order chi connectivity index (χ0) is 23.7. The number of nitriles is 1. The zero-order valence-electron chi connectivity index (χ0n) is 18.5. The van der Waals surface area contributed by atoms with Crippen LogP contribution in [0.5, 0.6) is 5.75 Å². The summed E-state index contributed by atoms with van der Waals surface area (Å²) in [6.07, 6.45) is 0. The van der Waals surface area contributed by atoms with Crippen molar-refractivity contribution in [1.29, 1.82) is 5.26 Å². The van der Waals surface area contributed by atoms with Gasteiger partial charge in [-0.15, -0.1) is 0 Å². The Morgan fingerprint density at radius 2 is 1.68 bits per heavy atom. The van der Waals surface area contributed by atoms with E-state index in [1.54, 1.807) is 24.3 Å². The molecule has 5 rings (SSSR count). The highest BCUT2D eigenvalue weighted by Gasteiger charge is 2.31. The van der Waals surface area contributed by atoms with E-state index in [1.165, 1.54) is 11.4 Å². The van der Waals surface area contributed by atoms with Crippen LogP contribution in [0.1, 0.15) is 5.69 Å². The molecular weight excluding hydrogens is 452 g/mol. The Morgan fingerprint density at radius 1 is 0.971 bits per heavy atom. The molecule has 0 radical (unpaired) electrons. The SMILES string of the molecule is COc1ccc(S(=O)(=O)N2CCN(c3oc(-c4cccc5ccccc45)nc3C#N)CC2)cc1. The molecule has 1 aliphatic heterocycles. The number of rotatable bonds is 5. The fourth-order valence-electron chi connectivity index (χ4n) is 4.15. The first-order valence-corrected chi connectivity index (χ1v) is 12.2. The van der Waals surface area contributed by atoms with E-state index >= 15 is 0 Å². The van der Waals surface area contributed by atoms with E-state index in [1.807, 2.05) is 47.4 Å². The summed E-state index contributed by atoms with van der Waals surface area (Å²) in [5, 5.41) is 11.7. The number of nitrogens with zero attached hydrogens (tertiary/aromatic N) is 4. The second kappa shape index (κ2) is 8.82. The second-order valence-electron chi connectivity index (χ2n) is 7.88. The summed E-state index contributed by atoms with van der Waals surface area (Å²) in [6.45, 7) is 1.30. The summed E-state index contributed by atoms with van der Waals surface area (Å²) in [5.41, 5.74) is 0.996. The molecule has 0 saturated carbocycles. The number of aromatic nitrogens is 1. The quantitative estimate of drug-likeness (QED) is 0.433. The third-order valence-corrected chi connectivity index (χ3v) is 7.87.